The molecule has 130 valence electrons. The number of aryl methyl sites for hydroxylation is 1. The topological polar surface area (TPSA) is 23.5 Å². The SMILES string of the molecule is Br.Cc1ccc(O)c(/C(=C/C2=CCN(C)C=C2)C2CCCCC2)c1. The van der Waals surface area contributed by atoms with Crippen molar-refractivity contribution in [3.05, 3.63) is 59.3 Å². The van der Waals surface area contributed by atoms with Crippen LogP contribution in [0.3, 0.4) is 0 Å². The first-order chi connectivity index (χ1) is 11.1. The van der Waals surface area contributed by atoms with Gasteiger partial charge in [-0.05, 0) is 61.2 Å². The zero-order valence-corrected chi connectivity index (χ0v) is 16.4. The minimum Gasteiger partial charge on any atom is -0.507 e. The monoisotopic (exact) mass is 389 g/mol. The van der Waals surface area contributed by atoms with Crippen LogP contribution in [0.4, 0.5) is 0 Å². The van der Waals surface area contributed by atoms with Crippen molar-refractivity contribution in [2.24, 2.45) is 5.92 Å². The molecule has 0 spiro atoms. The van der Waals surface area contributed by atoms with E-state index in [0.717, 1.165) is 12.1 Å². The van der Waals surface area contributed by atoms with E-state index in [1.54, 1.807) is 0 Å². The number of allylic oxidation sites excluding steroid dienone is 4. The number of halogens is 1. The summed E-state index contributed by atoms with van der Waals surface area (Å²) < 4.78 is 0. The van der Waals surface area contributed by atoms with Crippen LogP contribution >= 0.6 is 17.0 Å². The van der Waals surface area contributed by atoms with E-state index in [9.17, 15) is 5.11 Å². The molecule has 3 rings (SSSR count). The van der Waals surface area contributed by atoms with Gasteiger partial charge < -0.3 is 10.0 Å². The number of phenolic OH excluding ortho intramolecular Hbond substituents is 1. The van der Waals surface area contributed by atoms with Crippen molar-refractivity contribution in [3.8, 4) is 5.75 Å². The highest BCUT2D eigenvalue weighted by Crippen LogP contribution is 2.39. The van der Waals surface area contributed by atoms with E-state index >= 15 is 0 Å². The van der Waals surface area contributed by atoms with Crippen LogP contribution in [0.25, 0.3) is 5.57 Å². The minimum atomic E-state index is 0. The molecular weight excluding hydrogens is 362 g/mol. The number of likely N-dealkylation sites (N-methyl/N-ethyl adjacent to an activating group) is 1. The van der Waals surface area contributed by atoms with Crippen LogP contribution < -0.4 is 0 Å². The Hall–Kier alpha value is -1.48. The number of hydrogen-bond acceptors (Lipinski definition) is 2. The molecule has 0 saturated heterocycles. The Bertz CT molecular complexity index is 654. The molecule has 1 aliphatic carbocycles. The third kappa shape index (κ3) is 4.54. The molecule has 3 heteroatoms. The molecule has 24 heavy (non-hydrogen) atoms. The van der Waals surface area contributed by atoms with Crippen LogP contribution in [0.2, 0.25) is 0 Å². The Morgan fingerprint density at radius 2 is 1.96 bits per heavy atom. The van der Waals surface area contributed by atoms with Gasteiger partial charge in [0.2, 0.25) is 0 Å². The van der Waals surface area contributed by atoms with Crippen LogP contribution in [-0.2, 0) is 0 Å². The normalized spacial score (nSPS) is 19.0. The zero-order chi connectivity index (χ0) is 16.2. The molecular formula is C21H28BrNO. The van der Waals surface area contributed by atoms with Gasteiger partial charge in [-0.15, -0.1) is 17.0 Å². The summed E-state index contributed by atoms with van der Waals surface area (Å²) in [4.78, 5) is 2.17. The van der Waals surface area contributed by atoms with E-state index < -0.39 is 0 Å². The number of phenols is 1. The summed E-state index contributed by atoms with van der Waals surface area (Å²) >= 11 is 0. The van der Waals surface area contributed by atoms with E-state index in [2.05, 4.69) is 49.4 Å². The van der Waals surface area contributed by atoms with Gasteiger partial charge in [0.05, 0.1) is 0 Å². The molecule has 1 N–H and O–H groups in total. The average Bonchev–Trinajstić information content (AvgIpc) is 2.57. The first-order valence-electron chi connectivity index (χ1n) is 8.73. The Morgan fingerprint density at radius 3 is 2.62 bits per heavy atom. The number of benzene rings is 1. The predicted molar refractivity (Wildman–Crippen MR) is 108 cm³/mol. The quantitative estimate of drug-likeness (QED) is 0.723. The second-order valence-corrected chi connectivity index (χ2v) is 6.91. The molecule has 0 amide bonds. The van der Waals surface area contributed by atoms with Crippen molar-refractivity contribution < 1.29 is 5.11 Å². The molecule has 1 aromatic carbocycles. The fourth-order valence-electron chi connectivity index (χ4n) is 3.59. The summed E-state index contributed by atoms with van der Waals surface area (Å²) in [6.07, 6.45) is 15.3. The third-order valence-corrected chi connectivity index (χ3v) is 4.97. The van der Waals surface area contributed by atoms with Gasteiger partial charge in [-0.1, -0.05) is 43.0 Å². The van der Waals surface area contributed by atoms with E-state index in [1.807, 2.05) is 12.1 Å². The summed E-state index contributed by atoms with van der Waals surface area (Å²) in [5.74, 6) is 0.968. The molecule has 1 heterocycles. The fraction of sp³-hybridized carbons (Fsp3) is 0.429. The minimum absolute atomic E-state index is 0. The molecule has 2 aliphatic rings. The summed E-state index contributed by atoms with van der Waals surface area (Å²) in [6.45, 7) is 3.04. The van der Waals surface area contributed by atoms with Gasteiger partial charge in [0, 0.05) is 19.2 Å². The Labute approximate surface area is 156 Å². The lowest BCUT2D eigenvalue weighted by molar-refractivity contribution is 0.425. The predicted octanol–water partition coefficient (Wildman–Crippen LogP) is 5.63. The fourth-order valence-corrected chi connectivity index (χ4v) is 3.59. The van der Waals surface area contributed by atoms with E-state index in [1.165, 1.54) is 48.8 Å². The molecule has 1 fully saturated rings. The van der Waals surface area contributed by atoms with Crippen molar-refractivity contribution in [2.45, 2.75) is 39.0 Å². The second kappa shape index (κ2) is 8.57. The zero-order valence-electron chi connectivity index (χ0n) is 14.7. The van der Waals surface area contributed by atoms with Gasteiger partial charge in [0.25, 0.3) is 0 Å². The first-order valence-corrected chi connectivity index (χ1v) is 8.73. The maximum atomic E-state index is 10.4. The lowest BCUT2D eigenvalue weighted by Crippen LogP contribution is -2.14. The van der Waals surface area contributed by atoms with Crippen molar-refractivity contribution in [1.29, 1.82) is 0 Å². The summed E-state index contributed by atoms with van der Waals surface area (Å²) in [7, 11) is 2.09. The van der Waals surface area contributed by atoms with E-state index in [4.69, 9.17) is 0 Å². The van der Waals surface area contributed by atoms with Crippen molar-refractivity contribution in [2.75, 3.05) is 13.6 Å². The van der Waals surface area contributed by atoms with Gasteiger partial charge in [-0.25, -0.2) is 0 Å². The van der Waals surface area contributed by atoms with Gasteiger partial charge in [0.15, 0.2) is 0 Å². The first kappa shape index (κ1) is 18.9. The highest BCUT2D eigenvalue weighted by atomic mass is 79.9. The molecule has 1 aromatic rings. The van der Waals surface area contributed by atoms with Gasteiger partial charge in [0.1, 0.15) is 5.75 Å². The maximum Gasteiger partial charge on any atom is 0.123 e. The smallest absolute Gasteiger partial charge is 0.123 e. The van der Waals surface area contributed by atoms with Crippen LogP contribution in [0, 0.1) is 12.8 Å². The molecule has 0 radical (unpaired) electrons. The van der Waals surface area contributed by atoms with Crippen molar-refractivity contribution >= 4 is 22.6 Å². The third-order valence-electron chi connectivity index (χ3n) is 4.97. The lowest BCUT2D eigenvalue weighted by Gasteiger charge is -2.26. The maximum absolute atomic E-state index is 10.4. The number of aromatic hydroxyl groups is 1. The Balaban J connectivity index is 0.00000208. The molecule has 0 atom stereocenters. The average molecular weight is 390 g/mol. The molecule has 0 bridgehead atoms. The Morgan fingerprint density at radius 1 is 1.21 bits per heavy atom. The van der Waals surface area contributed by atoms with Crippen LogP contribution in [0.1, 0.15) is 43.2 Å². The second-order valence-electron chi connectivity index (χ2n) is 6.91. The van der Waals surface area contributed by atoms with Gasteiger partial charge in [-0.3, -0.25) is 0 Å². The Kier molecular flexibility index (Phi) is 6.73. The van der Waals surface area contributed by atoms with Crippen molar-refractivity contribution in [1.82, 2.24) is 4.90 Å². The van der Waals surface area contributed by atoms with Gasteiger partial charge in [-0.2, -0.15) is 0 Å². The largest absolute Gasteiger partial charge is 0.507 e. The highest BCUT2D eigenvalue weighted by molar-refractivity contribution is 8.93. The summed E-state index contributed by atoms with van der Waals surface area (Å²) in [6, 6.07) is 5.95. The van der Waals surface area contributed by atoms with Crippen LogP contribution in [0.15, 0.2) is 48.2 Å². The number of rotatable bonds is 3. The summed E-state index contributed by atoms with van der Waals surface area (Å²) in [5.41, 5.74) is 4.79. The molecule has 0 unspecified atom stereocenters. The van der Waals surface area contributed by atoms with E-state index in [0.29, 0.717) is 11.7 Å². The molecule has 1 aliphatic heterocycles. The number of hydrogen-bond donors (Lipinski definition) is 1. The highest BCUT2D eigenvalue weighted by Gasteiger charge is 2.21. The van der Waals surface area contributed by atoms with Crippen LogP contribution in [-0.4, -0.2) is 23.6 Å². The molecule has 2 nitrogen and oxygen atoms in total. The molecule has 0 aromatic heterocycles. The van der Waals surface area contributed by atoms with Gasteiger partial charge >= 0.3 is 0 Å². The van der Waals surface area contributed by atoms with E-state index in [-0.39, 0.29) is 17.0 Å². The standard InChI is InChI=1S/C21H27NO.BrH/c1-16-8-9-21(23)20(14-16)19(18-6-4-3-5-7-18)15-17-10-12-22(2)13-11-17;/h8-12,14-15,18,23H,3-7,13H2,1-2H3;1H/b19-15+;. The van der Waals surface area contributed by atoms with Crippen LogP contribution in [0.5, 0.6) is 5.75 Å². The lowest BCUT2D eigenvalue weighted by atomic mass is 9.79. The summed E-state index contributed by atoms with van der Waals surface area (Å²) in [5, 5.41) is 10.4. The van der Waals surface area contributed by atoms with Crippen molar-refractivity contribution in [3.63, 3.8) is 0 Å². The number of nitrogens with zero attached hydrogens (tertiary/aromatic N) is 1. The molecule has 1 saturated carbocycles.